The van der Waals surface area contributed by atoms with E-state index >= 15 is 0 Å². The van der Waals surface area contributed by atoms with Crippen molar-refractivity contribution in [2.24, 2.45) is 12.9 Å². The van der Waals surface area contributed by atoms with Crippen LogP contribution in [0, 0.1) is 5.82 Å². The number of nitrogens with one attached hydrogen (secondary N) is 1. The molecule has 2 rings (SSSR count). The quantitative estimate of drug-likeness (QED) is 0.658. The first-order valence-electron chi connectivity index (χ1n) is 5.49. The van der Waals surface area contributed by atoms with Crippen molar-refractivity contribution in [3.8, 4) is 0 Å². The molecule has 1 unspecified atom stereocenters. The molecule has 1 aromatic heterocycles. The highest BCUT2D eigenvalue weighted by molar-refractivity contribution is 6.30. The predicted molar refractivity (Wildman–Crippen MR) is 68.4 cm³/mol. The Balaban J connectivity index is 2.20. The molecule has 0 aliphatic carbocycles. The van der Waals surface area contributed by atoms with Crippen LogP contribution in [0.2, 0.25) is 5.02 Å². The second-order valence-corrected chi connectivity index (χ2v) is 4.46. The van der Waals surface area contributed by atoms with Crippen LogP contribution in [0.25, 0.3) is 0 Å². The summed E-state index contributed by atoms with van der Waals surface area (Å²) in [5, 5.41) is 4.21. The first-order valence-corrected chi connectivity index (χ1v) is 5.87. The smallest absolute Gasteiger partial charge is 0.142 e. The molecule has 18 heavy (non-hydrogen) atoms. The topological polar surface area (TPSA) is 55.9 Å². The summed E-state index contributed by atoms with van der Waals surface area (Å²) in [5.41, 5.74) is 4.47. The van der Waals surface area contributed by atoms with E-state index in [2.05, 4.69) is 10.5 Å². The molecule has 1 aromatic carbocycles. The van der Waals surface area contributed by atoms with Gasteiger partial charge in [0.25, 0.3) is 0 Å². The summed E-state index contributed by atoms with van der Waals surface area (Å²) in [5.74, 6) is 5.12. The van der Waals surface area contributed by atoms with Crippen molar-refractivity contribution in [1.29, 1.82) is 0 Å². The molecular formula is C12H14ClFN4. The number of benzene rings is 1. The molecule has 0 spiro atoms. The number of nitrogens with zero attached hydrogens (tertiary/aromatic N) is 2. The van der Waals surface area contributed by atoms with Gasteiger partial charge < -0.3 is 0 Å². The van der Waals surface area contributed by atoms with Crippen LogP contribution < -0.4 is 11.3 Å². The first-order chi connectivity index (χ1) is 8.61. The van der Waals surface area contributed by atoms with E-state index in [0.29, 0.717) is 6.42 Å². The van der Waals surface area contributed by atoms with Crippen molar-refractivity contribution < 1.29 is 4.39 Å². The minimum Gasteiger partial charge on any atom is -0.271 e. The second kappa shape index (κ2) is 5.48. The Morgan fingerprint density at radius 3 is 2.83 bits per heavy atom. The third-order valence-electron chi connectivity index (χ3n) is 2.84. The molecule has 0 radical (unpaired) electrons. The summed E-state index contributed by atoms with van der Waals surface area (Å²) in [7, 11) is 1.84. The fraction of sp³-hybridized carbons (Fsp3) is 0.250. The van der Waals surface area contributed by atoms with Gasteiger partial charge in [-0.25, -0.2) is 4.39 Å². The average molecular weight is 269 g/mol. The van der Waals surface area contributed by atoms with Crippen molar-refractivity contribution >= 4 is 11.6 Å². The number of hydrazine groups is 1. The zero-order chi connectivity index (χ0) is 13.1. The molecule has 0 fully saturated rings. The molecule has 0 bridgehead atoms. The van der Waals surface area contributed by atoms with E-state index in [9.17, 15) is 4.39 Å². The Bertz CT molecular complexity index is 541. The maximum absolute atomic E-state index is 13.4. The molecule has 1 heterocycles. The van der Waals surface area contributed by atoms with Crippen LogP contribution in [0.1, 0.15) is 17.3 Å². The Labute approximate surface area is 110 Å². The minimum absolute atomic E-state index is 0.122. The third-order valence-corrected chi connectivity index (χ3v) is 3.15. The summed E-state index contributed by atoms with van der Waals surface area (Å²) >= 11 is 5.65. The van der Waals surface area contributed by atoms with Crippen LogP contribution >= 0.6 is 11.6 Å². The number of hydrogen-bond acceptors (Lipinski definition) is 3. The molecule has 0 saturated carbocycles. The molecule has 0 aliphatic heterocycles. The Morgan fingerprint density at radius 1 is 1.50 bits per heavy atom. The molecule has 0 amide bonds. The Hall–Kier alpha value is -1.43. The molecule has 4 nitrogen and oxygen atoms in total. The van der Waals surface area contributed by atoms with Crippen LogP contribution in [0.4, 0.5) is 4.39 Å². The Kier molecular flexibility index (Phi) is 3.96. The lowest BCUT2D eigenvalue weighted by Gasteiger charge is -2.16. The van der Waals surface area contributed by atoms with Crippen LogP contribution in [-0.2, 0) is 13.5 Å². The summed E-state index contributed by atoms with van der Waals surface area (Å²) in [4.78, 5) is 0. The van der Waals surface area contributed by atoms with Crippen molar-refractivity contribution in [3.05, 3.63) is 52.6 Å². The Morgan fingerprint density at radius 2 is 2.28 bits per heavy atom. The number of aromatic nitrogens is 2. The molecule has 0 aliphatic rings. The molecule has 3 N–H and O–H groups in total. The number of nitrogens with two attached hydrogens (primary N) is 1. The third kappa shape index (κ3) is 2.69. The van der Waals surface area contributed by atoms with Crippen molar-refractivity contribution in [2.45, 2.75) is 12.5 Å². The van der Waals surface area contributed by atoms with Gasteiger partial charge in [0.15, 0.2) is 0 Å². The minimum atomic E-state index is -0.421. The van der Waals surface area contributed by atoms with Gasteiger partial charge in [-0.3, -0.25) is 16.0 Å². The monoisotopic (exact) mass is 268 g/mol. The highest BCUT2D eigenvalue weighted by atomic mass is 35.5. The van der Waals surface area contributed by atoms with Crippen LogP contribution in [0.5, 0.6) is 0 Å². The van der Waals surface area contributed by atoms with E-state index in [1.165, 1.54) is 6.07 Å². The molecule has 96 valence electrons. The van der Waals surface area contributed by atoms with Gasteiger partial charge in [0, 0.05) is 13.2 Å². The van der Waals surface area contributed by atoms with Crippen molar-refractivity contribution in [2.75, 3.05) is 0 Å². The average Bonchev–Trinajstić information content (AvgIpc) is 2.77. The fourth-order valence-corrected chi connectivity index (χ4v) is 1.99. The van der Waals surface area contributed by atoms with Gasteiger partial charge in [-0.1, -0.05) is 17.7 Å². The van der Waals surface area contributed by atoms with Crippen molar-refractivity contribution in [1.82, 2.24) is 15.2 Å². The highest BCUT2D eigenvalue weighted by Gasteiger charge is 2.14. The van der Waals surface area contributed by atoms with Gasteiger partial charge in [0.2, 0.25) is 0 Å². The second-order valence-electron chi connectivity index (χ2n) is 4.05. The van der Waals surface area contributed by atoms with E-state index < -0.39 is 5.82 Å². The summed E-state index contributed by atoms with van der Waals surface area (Å²) in [6.45, 7) is 0. The summed E-state index contributed by atoms with van der Waals surface area (Å²) in [6.07, 6.45) is 2.26. The van der Waals surface area contributed by atoms with Gasteiger partial charge in [-0.05, 0) is 30.2 Å². The predicted octanol–water partition coefficient (Wildman–Crippen LogP) is 1.96. The highest BCUT2D eigenvalue weighted by Crippen LogP contribution is 2.20. The lowest BCUT2D eigenvalue weighted by molar-refractivity contribution is 0.507. The molecule has 2 aromatic rings. The molecular weight excluding hydrogens is 255 g/mol. The van der Waals surface area contributed by atoms with Crippen LogP contribution in [-0.4, -0.2) is 9.78 Å². The first kappa shape index (κ1) is 13.0. The van der Waals surface area contributed by atoms with Gasteiger partial charge >= 0.3 is 0 Å². The van der Waals surface area contributed by atoms with Gasteiger partial charge in [-0.2, -0.15) is 5.10 Å². The molecule has 6 heteroatoms. The standard InChI is InChI=1S/C12H14ClFN4/c1-18-12(4-5-16-18)11(17-15)7-8-2-3-9(13)10(14)6-8/h2-6,11,17H,7,15H2,1H3. The maximum atomic E-state index is 13.4. The lowest BCUT2D eigenvalue weighted by Crippen LogP contribution is -2.31. The lowest BCUT2D eigenvalue weighted by atomic mass is 10.0. The van der Waals surface area contributed by atoms with Gasteiger partial charge in [0.1, 0.15) is 5.82 Å². The van der Waals surface area contributed by atoms with E-state index in [0.717, 1.165) is 11.3 Å². The SMILES string of the molecule is Cn1nccc1C(Cc1ccc(Cl)c(F)c1)NN. The van der Waals surface area contributed by atoms with E-state index in [1.807, 2.05) is 13.1 Å². The number of halogens is 2. The van der Waals surface area contributed by atoms with E-state index in [-0.39, 0.29) is 11.1 Å². The van der Waals surface area contributed by atoms with Crippen LogP contribution in [0.15, 0.2) is 30.5 Å². The fourth-order valence-electron chi connectivity index (χ4n) is 1.88. The van der Waals surface area contributed by atoms with Crippen molar-refractivity contribution in [3.63, 3.8) is 0 Å². The van der Waals surface area contributed by atoms with Crippen LogP contribution in [0.3, 0.4) is 0 Å². The zero-order valence-corrected chi connectivity index (χ0v) is 10.7. The van der Waals surface area contributed by atoms with E-state index in [4.69, 9.17) is 17.4 Å². The van der Waals surface area contributed by atoms with E-state index in [1.54, 1.807) is 23.0 Å². The summed E-state index contributed by atoms with van der Waals surface area (Å²) < 4.78 is 15.1. The number of aryl methyl sites for hydroxylation is 1. The van der Waals surface area contributed by atoms with Gasteiger partial charge in [-0.15, -0.1) is 0 Å². The molecule has 0 saturated heterocycles. The number of rotatable bonds is 4. The zero-order valence-electron chi connectivity index (χ0n) is 9.90. The normalized spacial score (nSPS) is 12.7. The number of hydrogen-bond donors (Lipinski definition) is 2. The maximum Gasteiger partial charge on any atom is 0.142 e. The van der Waals surface area contributed by atoms with Gasteiger partial charge in [0.05, 0.1) is 16.8 Å². The molecule has 1 atom stereocenters. The largest absolute Gasteiger partial charge is 0.271 e. The summed E-state index contributed by atoms with van der Waals surface area (Å²) in [6, 6.07) is 6.49.